The van der Waals surface area contributed by atoms with E-state index >= 15 is 0 Å². The zero-order chi connectivity index (χ0) is 27.2. The van der Waals surface area contributed by atoms with E-state index in [-0.39, 0.29) is 48.7 Å². The first-order chi connectivity index (χ1) is 18.2. The topological polar surface area (TPSA) is 100 Å². The van der Waals surface area contributed by atoms with E-state index in [2.05, 4.69) is 15.5 Å². The molecule has 1 saturated heterocycles. The summed E-state index contributed by atoms with van der Waals surface area (Å²) in [6, 6.07) is 10.0. The Kier molecular flexibility index (Phi) is 8.96. The molecule has 0 bridgehead atoms. The summed E-state index contributed by atoms with van der Waals surface area (Å²) < 4.78 is 25.7. The van der Waals surface area contributed by atoms with E-state index in [1.54, 1.807) is 30.1 Å². The van der Waals surface area contributed by atoms with Crippen molar-refractivity contribution in [3.05, 3.63) is 59.4 Å². The van der Waals surface area contributed by atoms with Crippen molar-refractivity contribution in [1.82, 2.24) is 15.1 Å². The number of halogens is 1. The Hall–Kier alpha value is -3.50. The van der Waals surface area contributed by atoms with Crippen LogP contribution in [0.2, 0.25) is 0 Å². The molecule has 0 spiro atoms. The molecule has 2 aromatic rings. The molecule has 0 saturated carbocycles. The quantitative estimate of drug-likeness (QED) is 0.513. The van der Waals surface area contributed by atoms with Crippen molar-refractivity contribution in [1.29, 1.82) is 0 Å². The molecule has 2 aromatic carbocycles. The van der Waals surface area contributed by atoms with Crippen molar-refractivity contribution in [3.8, 4) is 5.75 Å². The first-order valence-corrected chi connectivity index (χ1v) is 12.9. The third-order valence-electron chi connectivity index (χ3n) is 6.87. The monoisotopic (exact) mass is 526 g/mol. The lowest BCUT2D eigenvalue weighted by atomic mass is 9.94. The molecule has 38 heavy (non-hydrogen) atoms. The summed E-state index contributed by atoms with van der Waals surface area (Å²) in [6.07, 6.45) is 1.88. The van der Waals surface area contributed by atoms with E-state index in [1.165, 1.54) is 18.2 Å². The van der Waals surface area contributed by atoms with Crippen LogP contribution in [0.3, 0.4) is 0 Å². The molecule has 2 N–H and O–H groups in total. The van der Waals surface area contributed by atoms with Crippen molar-refractivity contribution < 1.29 is 28.2 Å². The van der Waals surface area contributed by atoms with Gasteiger partial charge in [0.1, 0.15) is 24.3 Å². The van der Waals surface area contributed by atoms with Gasteiger partial charge in [-0.3, -0.25) is 14.4 Å². The summed E-state index contributed by atoms with van der Waals surface area (Å²) in [5.74, 6) is -0.897. The van der Waals surface area contributed by atoms with E-state index in [1.807, 2.05) is 14.1 Å². The number of anilines is 1. The molecular formula is C28H35FN4O5. The van der Waals surface area contributed by atoms with Crippen LogP contribution >= 0.6 is 0 Å². The minimum atomic E-state index is -0.506. The van der Waals surface area contributed by atoms with Crippen molar-refractivity contribution in [3.63, 3.8) is 0 Å². The molecule has 0 aliphatic carbocycles. The van der Waals surface area contributed by atoms with E-state index in [4.69, 9.17) is 9.47 Å². The number of ether oxygens (including phenoxy) is 2. The summed E-state index contributed by atoms with van der Waals surface area (Å²) in [5.41, 5.74) is 0.898. The number of benzene rings is 2. The summed E-state index contributed by atoms with van der Waals surface area (Å²) >= 11 is 0. The second-order valence-electron chi connectivity index (χ2n) is 10.1. The number of amides is 3. The van der Waals surface area contributed by atoms with Gasteiger partial charge in [0, 0.05) is 24.8 Å². The van der Waals surface area contributed by atoms with Crippen LogP contribution in [0.4, 0.5) is 10.1 Å². The maximum atomic E-state index is 13.5. The maximum Gasteiger partial charge on any atom is 0.257 e. The first kappa shape index (κ1) is 27.5. The lowest BCUT2D eigenvalue weighted by Gasteiger charge is -2.42. The van der Waals surface area contributed by atoms with Crippen molar-refractivity contribution >= 4 is 23.4 Å². The average Bonchev–Trinajstić information content (AvgIpc) is 2.89. The lowest BCUT2D eigenvalue weighted by molar-refractivity contribution is -0.134. The fraction of sp³-hybridized carbons (Fsp3) is 0.464. The predicted molar refractivity (Wildman–Crippen MR) is 141 cm³/mol. The van der Waals surface area contributed by atoms with Crippen molar-refractivity contribution in [2.24, 2.45) is 0 Å². The van der Waals surface area contributed by atoms with Crippen LogP contribution in [-0.4, -0.2) is 86.6 Å². The van der Waals surface area contributed by atoms with Gasteiger partial charge in [-0.15, -0.1) is 0 Å². The van der Waals surface area contributed by atoms with Crippen LogP contribution < -0.4 is 15.4 Å². The average molecular weight is 527 g/mol. The molecule has 9 nitrogen and oxygen atoms in total. The van der Waals surface area contributed by atoms with Gasteiger partial charge in [0.05, 0.1) is 24.1 Å². The van der Waals surface area contributed by atoms with Crippen molar-refractivity contribution in [2.45, 2.75) is 43.9 Å². The molecule has 2 aliphatic rings. The van der Waals surface area contributed by atoms with Crippen LogP contribution in [-0.2, 0) is 9.53 Å². The Labute approximate surface area is 222 Å². The predicted octanol–water partition coefficient (Wildman–Crippen LogP) is 2.92. The minimum Gasteiger partial charge on any atom is -0.490 e. The van der Waals surface area contributed by atoms with E-state index in [0.717, 1.165) is 19.0 Å². The maximum absolute atomic E-state index is 13.5. The van der Waals surface area contributed by atoms with E-state index < -0.39 is 11.7 Å². The van der Waals surface area contributed by atoms with Crippen LogP contribution in [0, 0.1) is 5.82 Å². The van der Waals surface area contributed by atoms with Gasteiger partial charge in [-0.05, 0) is 76.3 Å². The number of hydrogen-bond acceptors (Lipinski definition) is 6. The lowest BCUT2D eigenvalue weighted by Crippen LogP contribution is -2.54. The van der Waals surface area contributed by atoms with Crippen molar-refractivity contribution in [2.75, 3.05) is 46.2 Å². The molecule has 3 amide bonds. The summed E-state index contributed by atoms with van der Waals surface area (Å²) in [7, 11) is 5.73. The molecule has 0 unspecified atom stereocenters. The fourth-order valence-corrected chi connectivity index (χ4v) is 4.84. The van der Waals surface area contributed by atoms with Gasteiger partial charge in [-0.25, -0.2) is 4.39 Å². The first-order valence-electron chi connectivity index (χ1n) is 12.9. The highest BCUT2D eigenvalue weighted by molar-refractivity contribution is 6.05. The van der Waals surface area contributed by atoms with Crippen LogP contribution in [0.1, 0.15) is 46.4 Å². The molecule has 10 heteroatoms. The highest BCUT2D eigenvalue weighted by atomic mass is 19.1. The molecule has 2 heterocycles. The number of hydrogen-bond donors (Lipinski definition) is 2. The number of carbonyl (C=O) groups is 3. The molecule has 0 aromatic heterocycles. The minimum absolute atomic E-state index is 0.0402. The number of carbonyl (C=O) groups excluding carboxylic acids is 3. The van der Waals surface area contributed by atoms with Gasteiger partial charge in [-0.1, -0.05) is 6.07 Å². The van der Waals surface area contributed by atoms with Crippen LogP contribution in [0.5, 0.6) is 5.75 Å². The van der Waals surface area contributed by atoms with Gasteiger partial charge in [0.25, 0.3) is 11.8 Å². The van der Waals surface area contributed by atoms with Crippen LogP contribution in [0.25, 0.3) is 0 Å². The molecule has 204 valence electrons. The zero-order valence-corrected chi connectivity index (χ0v) is 22.0. The third kappa shape index (κ3) is 6.87. The number of likely N-dealkylation sites (N-methyl/N-ethyl adjacent to an activating group) is 1. The number of nitrogens with zero attached hydrogens (tertiary/aromatic N) is 2. The van der Waals surface area contributed by atoms with Gasteiger partial charge < -0.3 is 29.9 Å². The van der Waals surface area contributed by atoms with Gasteiger partial charge in [0.15, 0.2) is 0 Å². The largest absolute Gasteiger partial charge is 0.490 e. The molecule has 0 radical (unpaired) electrons. The summed E-state index contributed by atoms with van der Waals surface area (Å²) in [5, 5.41) is 5.66. The molecular weight excluding hydrogens is 491 g/mol. The second kappa shape index (κ2) is 12.4. The molecule has 3 atom stereocenters. The Morgan fingerprint density at radius 1 is 1.16 bits per heavy atom. The van der Waals surface area contributed by atoms with Gasteiger partial charge in [-0.2, -0.15) is 0 Å². The molecule has 4 rings (SSSR count). The van der Waals surface area contributed by atoms with E-state index in [9.17, 15) is 18.8 Å². The van der Waals surface area contributed by atoms with E-state index in [0.29, 0.717) is 36.4 Å². The highest BCUT2D eigenvalue weighted by Crippen LogP contribution is 2.32. The van der Waals surface area contributed by atoms with Gasteiger partial charge >= 0.3 is 0 Å². The Balaban J connectivity index is 1.39. The van der Waals surface area contributed by atoms with Gasteiger partial charge in [0.2, 0.25) is 5.91 Å². The Bertz CT molecular complexity index is 1170. The number of rotatable bonds is 8. The zero-order valence-electron chi connectivity index (χ0n) is 22.0. The molecule has 1 fully saturated rings. The normalized spacial score (nSPS) is 21.0. The van der Waals surface area contributed by atoms with Crippen LogP contribution in [0.15, 0.2) is 42.5 Å². The number of fused-ring (bicyclic) bond motifs is 2. The fourth-order valence-electron chi connectivity index (χ4n) is 4.84. The Morgan fingerprint density at radius 3 is 2.74 bits per heavy atom. The Morgan fingerprint density at radius 2 is 1.97 bits per heavy atom. The summed E-state index contributed by atoms with van der Waals surface area (Å²) in [6.45, 7) is 1.76. The SMILES string of the molecule is CN(C)CCCNC(=O)C[C@@H]1CC[C@@H]2[C@@H](COc3ccc(NC(=O)c4cccc(F)c4)cc3C(=O)N2C)O1. The second-order valence-corrected chi connectivity index (χ2v) is 10.1. The smallest absolute Gasteiger partial charge is 0.257 e. The standard InChI is InChI=1S/C28H35FN4O5/c1-32(2)13-5-12-30-26(34)16-21-9-10-23-25(38-21)17-37-24-11-8-20(15-22(24)28(36)33(23)3)31-27(35)18-6-4-7-19(29)14-18/h4,6-8,11,14-15,21,23,25H,5,9-10,12-13,16-17H2,1-3H3,(H,30,34)(H,31,35)/t21-,23+,25+/m0/s1. The summed E-state index contributed by atoms with van der Waals surface area (Å²) in [4.78, 5) is 42.1. The number of nitrogens with one attached hydrogen (secondary N) is 2. The highest BCUT2D eigenvalue weighted by Gasteiger charge is 2.39. The third-order valence-corrected chi connectivity index (χ3v) is 6.87. The molecule has 2 aliphatic heterocycles.